The number of amides is 1. The summed E-state index contributed by atoms with van der Waals surface area (Å²) in [5.41, 5.74) is 1.62. The van der Waals surface area contributed by atoms with Crippen molar-refractivity contribution in [3.05, 3.63) is 59.8 Å². The van der Waals surface area contributed by atoms with Gasteiger partial charge in [0.15, 0.2) is 0 Å². The Morgan fingerprint density at radius 2 is 2.08 bits per heavy atom. The molecule has 3 heterocycles. The number of carbonyl (C=O) groups excluding carboxylic acids is 1. The second-order valence-electron chi connectivity index (χ2n) is 5.80. The fourth-order valence-corrected chi connectivity index (χ4v) is 2.97. The lowest BCUT2D eigenvalue weighted by molar-refractivity contribution is 0.0981. The molecule has 0 saturated heterocycles. The molecular weight excluding hydrogens is 309 g/mol. The minimum Gasteiger partial charge on any atom is -0.293 e. The first kappa shape index (κ1) is 14.6. The molecule has 6 nitrogen and oxygen atoms in total. The minimum atomic E-state index is -0.383. The number of nitrogens with zero attached hydrogens (tertiary/aromatic N) is 5. The number of benzene rings is 1. The fraction of sp³-hybridized carbons (Fsp3) is 0.235. The molecule has 0 unspecified atom stereocenters. The molecule has 122 valence electrons. The number of carbonyl (C=O) groups is 1. The third kappa shape index (κ3) is 2.38. The molecule has 0 bridgehead atoms. The number of fused-ring (bicyclic) bond motifs is 1. The van der Waals surface area contributed by atoms with Crippen molar-refractivity contribution in [2.24, 2.45) is 0 Å². The molecule has 0 N–H and O–H groups in total. The first-order valence-corrected chi connectivity index (χ1v) is 7.79. The maximum atomic E-state index is 13.9. The van der Waals surface area contributed by atoms with Crippen LogP contribution in [0.4, 0.5) is 10.2 Å². The van der Waals surface area contributed by atoms with Crippen LogP contribution in [0.2, 0.25) is 0 Å². The molecule has 1 aliphatic rings. The van der Waals surface area contributed by atoms with Gasteiger partial charge in [-0.3, -0.25) is 9.69 Å². The number of halogens is 1. The monoisotopic (exact) mass is 325 g/mol. The van der Waals surface area contributed by atoms with Crippen LogP contribution in [-0.4, -0.2) is 32.0 Å². The van der Waals surface area contributed by atoms with Crippen LogP contribution in [-0.2, 0) is 6.54 Å². The number of aryl methyl sites for hydroxylation is 2. The molecule has 0 fully saturated rings. The number of hydrogen-bond donors (Lipinski definition) is 0. The van der Waals surface area contributed by atoms with Crippen LogP contribution in [0, 0.1) is 12.7 Å². The first-order valence-electron chi connectivity index (χ1n) is 7.79. The van der Waals surface area contributed by atoms with Gasteiger partial charge in [0.2, 0.25) is 0 Å². The SMILES string of the molecule is Cc1cc2n(n1)CCCN2C(=O)c1cnn(-c2ccccc2F)c1. The summed E-state index contributed by atoms with van der Waals surface area (Å²) in [5.74, 6) is 0.257. The number of aromatic nitrogens is 4. The molecule has 0 saturated carbocycles. The molecule has 1 amide bonds. The average Bonchev–Trinajstić information content (AvgIpc) is 3.20. The molecule has 0 aliphatic carbocycles. The van der Waals surface area contributed by atoms with Crippen LogP contribution in [0.1, 0.15) is 22.5 Å². The van der Waals surface area contributed by atoms with Crippen molar-refractivity contribution in [2.45, 2.75) is 19.9 Å². The average molecular weight is 325 g/mol. The Morgan fingerprint density at radius 3 is 2.92 bits per heavy atom. The minimum absolute atomic E-state index is 0.154. The molecule has 3 aromatic rings. The molecule has 0 spiro atoms. The lowest BCUT2D eigenvalue weighted by Crippen LogP contribution is -2.37. The summed E-state index contributed by atoms with van der Waals surface area (Å²) in [6.07, 6.45) is 3.88. The molecule has 1 aromatic carbocycles. The van der Waals surface area contributed by atoms with E-state index in [2.05, 4.69) is 10.2 Å². The second-order valence-corrected chi connectivity index (χ2v) is 5.80. The molecule has 7 heteroatoms. The van der Waals surface area contributed by atoms with E-state index in [1.807, 2.05) is 17.7 Å². The van der Waals surface area contributed by atoms with Gasteiger partial charge in [-0.05, 0) is 25.5 Å². The summed E-state index contributed by atoms with van der Waals surface area (Å²) < 4.78 is 17.1. The second kappa shape index (κ2) is 5.59. The van der Waals surface area contributed by atoms with Crippen molar-refractivity contribution in [1.29, 1.82) is 0 Å². The highest BCUT2D eigenvalue weighted by Crippen LogP contribution is 2.24. The predicted molar refractivity (Wildman–Crippen MR) is 86.8 cm³/mol. The number of anilines is 1. The van der Waals surface area contributed by atoms with E-state index in [0.29, 0.717) is 17.8 Å². The fourth-order valence-electron chi connectivity index (χ4n) is 2.97. The highest BCUT2D eigenvalue weighted by molar-refractivity contribution is 6.05. The van der Waals surface area contributed by atoms with Crippen LogP contribution in [0.25, 0.3) is 5.69 Å². The van der Waals surface area contributed by atoms with E-state index in [0.717, 1.165) is 24.5 Å². The van der Waals surface area contributed by atoms with E-state index in [-0.39, 0.29) is 11.7 Å². The van der Waals surface area contributed by atoms with Gasteiger partial charge in [0.25, 0.3) is 5.91 Å². The summed E-state index contributed by atoms with van der Waals surface area (Å²) in [5, 5.41) is 8.53. The number of para-hydroxylation sites is 1. The third-order valence-electron chi connectivity index (χ3n) is 4.08. The maximum absolute atomic E-state index is 13.9. The van der Waals surface area contributed by atoms with Gasteiger partial charge in [-0.15, -0.1) is 0 Å². The highest BCUT2D eigenvalue weighted by atomic mass is 19.1. The Kier molecular flexibility index (Phi) is 3.41. The molecule has 4 rings (SSSR count). The van der Waals surface area contributed by atoms with Crippen LogP contribution in [0.15, 0.2) is 42.7 Å². The zero-order valence-electron chi connectivity index (χ0n) is 13.2. The summed E-state index contributed by atoms with van der Waals surface area (Å²) in [4.78, 5) is 14.5. The van der Waals surface area contributed by atoms with Crippen molar-refractivity contribution in [3.63, 3.8) is 0 Å². The van der Waals surface area contributed by atoms with Gasteiger partial charge in [0.05, 0.1) is 17.5 Å². The van der Waals surface area contributed by atoms with Crippen molar-refractivity contribution in [3.8, 4) is 5.69 Å². The lowest BCUT2D eigenvalue weighted by atomic mass is 10.2. The maximum Gasteiger partial charge on any atom is 0.262 e. The van der Waals surface area contributed by atoms with Gasteiger partial charge in [-0.25, -0.2) is 13.8 Å². The van der Waals surface area contributed by atoms with Gasteiger partial charge in [0.1, 0.15) is 17.3 Å². The van der Waals surface area contributed by atoms with E-state index >= 15 is 0 Å². The van der Waals surface area contributed by atoms with Crippen LogP contribution < -0.4 is 4.90 Å². The Morgan fingerprint density at radius 1 is 1.25 bits per heavy atom. The Hall–Kier alpha value is -2.96. The number of rotatable bonds is 2. The normalized spacial score (nSPS) is 13.8. The zero-order chi connectivity index (χ0) is 16.7. The molecule has 1 aliphatic heterocycles. The molecule has 2 aromatic heterocycles. The summed E-state index contributed by atoms with van der Waals surface area (Å²) in [7, 11) is 0. The van der Waals surface area contributed by atoms with Crippen molar-refractivity contribution < 1.29 is 9.18 Å². The Bertz CT molecular complexity index is 913. The lowest BCUT2D eigenvalue weighted by Gasteiger charge is -2.27. The van der Waals surface area contributed by atoms with Gasteiger partial charge in [0, 0.05) is 25.4 Å². The first-order chi connectivity index (χ1) is 11.6. The van der Waals surface area contributed by atoms with Gasteiger partial charge < -0.3 is 0 Å². The predicted octanol–water partition coefficient (Wildman–Crippen LogP) is 2.57. The Labute approximate surface area is 138 Å². The molecule has 0 atom stereocenters. The van der Waals surface area contributed by atoms with Crippen LogP contribution in [0.5, 0.6) is 0 Å². The quantitative estimate of drug-likeness (QED) is 0.728. The Balaban J connectivity index is 1.66. The van der Waals surface area contributed by atoms with Crippen molar-refractivity contribution in [1.82, 2.24) is 19.6 Å². The molecular formula is C17H16FN5O. The van der Waals surface area contributed by atoms with Crippen molar-refractivity contribution >= 4 is 11.7 Å². The molecule has 0 radical (unpaired) electrons. The standard InChI is InChI=1S/C17H16FN5O/c1-12-9-16-21(7-4-8-22(16)20-12)17(24)13-10-19-23(11-13)15-6-3-2-5-14(15)18/h2-3,5-6,9-11H,4,7-8H2,1H3. The third-order valence-corrected chi connectivity index (χ3v) is 4.08. The van der Waals surface area contributed by atoms with Crippen LogP contribution in [0.3, 0.4) is 0 Å². The van der Waals surface area contributed by atoms with E-state index in [4.69, 9.17) is 0 Å². The van der Waals surface area contributed by atoms with E-state index in [1.165, 1.54) is 16.9 Å². The summed E-state index contributed by atoms with van der Waals surface area (Å²) in [6.45, 7) is 3.35. The van der Waals surface area contributed by atoms with E-state index < -0.39 is 0 Å². The highest BCUT2D eigenvalue weighted by Gasteiger charge is 2.26. The summed E-state index contributed by atoms with van der Waals surface area (Å²) in [6, 6.07) is 8.23. The number of hydrogen-bond acceptors (Lipinski definition) is 3. The van der Waals surface area contributed by atoms with Gasteiger partial charge in [-0.1, -0.05) is 12.1 Å². The molecule has 24 heavy (non-hydrogen) atoms. The topological polar surface area (TPSA) is 56.0 Å². The zero-order valence-corrected chi connectivity index (χ0v) is 13.2. The van der Waals surface area contributed by atoms with Crippen LogP contribution >= 0.6 is 0 Å². The van der Waals surface area contributed by atoms with Gasteiger partial charge >= 0.3 is 0 Å². The van der Waals surface area contributed by atoms with Crippen molar-refractivity contribution in [2.75, 3.05) is 11.4 Å². The summed E-state index contributed by atoms with van der Waals surface area (Å²) >= 11 is 0. The largest absolute Gasteiger partial charge is 0.293 e. The van der Waals surface area contributed by atoms with Gasteiger partial charge in [-0.2, -0.15) is 10.2 Å². The smallest absolute Gasteiger partial charge is 0.262 e. The van der Waals surface area contributed by atoms with E-state index in [1.54, 1.807) is 29.3 Å². The van der Waals surface area contributed by atoms with E-state index in [9.17, 15) is 9.18 Å².